The van der Waals surface area contributed by atoms with Gasteiger partial charge in [-0.1, -0.05) is 0 Å². The molecule has 0 amide bonds. The van der Waals surface area contributed by atoms with Gasteiger partial charge >= 0.3 is 12.4 Å². The highest BCUT2D eigenvalue weighted by molar-refractivity contribution is 8.06. The van der Waals surface area contributed by atoms with Crippen LogP contribution in [0.15, 0.2) is 15.8 Å². The van der Waals surface area contributed by atoms with Crippen LogP contribution in [0.3, 0.4) is 0 Å². The third-order valence-corrected chi connectivity index (χ3v) is 4.43. The molecule has 1 aliphatic heterocycles. The van der Waals surface area contributed by atoms with Crippen molar-refractivity contribution >= 4 is 18.5 Å². The van der Waals surface area contributed by atoms with Crippen LogP contribution in [0.25, 0.3) is 0 Å². The summed E-state index contributed by atoms with van der Waals surface area (Å²) in [5, 5.41) is 19.8. The summed E-state index contributed by atoms with van der Waals surface area (Å²) in [5.41, 5.74) is -2.95. The normalized spacial score (nSPS) is 31.5. The first-order valence-electron chi connectivity index (χ1n) is 6.53. The Bertz CT molecular complexity index is 757. The largest absolute Gasteiger partial charge is 0.394 e. The van der Waals surface area contributed by atoms with Crippen molar-refractivity contribution in [1.29, 1.82) is 0 Å². The summed E-state index contributed by atoms with van der Waals surface area (Å²) in [5.74, 6) is 0. The molecule has 130 valence electrons. The molecule has 0 aromatic carbocycles. The molecule has 0 radical (unpaired) electrons. The molecule has 0 unspecified atom stereocenters. The molecule has 2 heterocycles. The lowest BCUT2D eigenvalue weighted by atomic mass is 10.0. The predicted octanol–water partition coefficient (Wildman–Crippen LogP) is -2.14. The molecule has 1 aromatic heterocycles. The van der Waals surface area contributed by atoms with Gasteiger partial charge in [0.25, 0.3) is 5.56 Å². The highest BCUT2D eigenvalue weighted by Gasteiger charge is 2.55. The molecular weight excluding hydrogens is 351 g/mol. The van der Waals surface area contributed by atoms with Crippen LogP contribution in [-0.4, -0.2) is 54.5 Å². The molecule has 12 heteroatoms. The fraction of sp³-hybridized carbons (Fsp3) is 0.636. The Hall–Kier alpha value is -0.910. The zero-order valence-electron chi connectivity index (χ0n) is 12.2. The Morgan fingerprint density at radius 2 is 2.13 bits per heavy atom. The van der Waals surface area contributed by atoms with Crippen molar-refractivity contribution in [3.63, 3.8) is 0 Å². The Kier molecular flexibility index (Phi) is 4.96. The summed E-state index contributed by atoms with van der Waals surface area (Å²) in [7, 11) is 0. The van der Waals surface area contributed by atoms with Crippen molar-refractivity contribution in [3.8, 4) is 0 Å². The van der Waals surface area contributed by atoms with Crippen molar-refractivity contribution < 1.29 is 29.3 Å². The van der Waals surface area contributed by atoms with Crippen LogP contribution in [0, 0.1) is 6.92 Å². The van der Waals surface area contributed by atoms with E-state index in [2.05, 4.69) is 16.8 Å². The van der Waals surface area contributed by atoms with E-state index in [9.17, 15) is 29.6 Å². The summed E-state index contributed by atoms with van der Waals surface area (Å²) in [6.07, 6.45) is -2.90. The van der Waals surface area contributed by atoms with Gasteiger partial charge in [0, 0.05) is 11.8 Å². The average Bonchev–Trinajstić information content (AvgIpc) is 2.66. The highest BCUT2D eigenvalue weighted by Crippen LogP contribution is 2.45. The number of nitrogens with zero attached hydrogens (tertiary/aromatic N) is 1. The maximum Gasteiger partial charge on any atom is 0.330 e. The monoisotopic (exact) mass is 368 g/mol. The number of hydrogen-bond donors (Lipinski definition) is 5. The summed E-state index contributed by atoms with van der Waals surface area (Å²) < 4.78 is 11.3. The Morgan fingerprint density at radius 3 is 2.65 bits per heavy atom. The summed E-state index contributed by atoms with van der Waals surface area (Å²) >= 11 is 4.37. The summed E-state index contributed by atoms with van der Waals surface area (Å²) in [6.45, 7) is -1.97. The van der Waals surface area contributed by atoms with Crippen LogP contribution in [0.4, 0.5) is 0 Å². The van der Waals surface area contributed by atoms with Gasteiger partial charge < -0.3 is 24.7 Å². The number of hydrogen-bond acceptors (Lipinski definition) is 7. The minimum absolute atomic E-state index is 0.195. The van der Waals surface area contributed by atoms with Gasteiger partial charge in [-0.15, -0.1) is 0 Å². The van der Waals surface area contributed by atoms with E-state index in [-0.39, 0.29) is 5.56 Å². The predicted molar refractivity (Wildman–Crippen MR) is 81.3 cm³/mol. The first-order valence-corrected chi connectivity index (χ1v) is 9.16. The molecule has 4 atom stereocenters. The van der Waals surface area contributed by atoms with E-state index in [1.807, 2.05) is 0 Å². The molecule has 0 bridgehead atoms. The number of H-pyrrole nitrogens is 1. The smallest absolute Gasteiger partial charge is 0.330 e. The van der Waals surface area contributed by atoms with Crippen LogP contribution in [0.2, 0.25) is 0 Å². The molecule has 1 aliphatic rings. The van der Waals surface area contributed by atoms with Crippen LogP contribution in [0.1, 0.15) is 12.5 Å². The van der Waals surface area contributed by atoms with E-state index >= 15 is 0 Å². The van der Waals surface area contributed by atoms with E-state index in [0.717, 1.165) is 4.57 Å². The van der Waals surface area contributed by atoms with Gasteiger partial charge in [0.15, 0.2) is 5.72 Å². The maximum absolute atomic E-state index is 12.0. The van der Waals surface area contributed by atoms with Gasteiger partial charge in [-0.25, -0.2) is 4.79 Å². The molecule has 0 saturated carbocycles. The van der Waals surface area contributed by atoms with E-state index in [1.165, 1.54) is 20.0 Å². The van der Waals surface area contributed by atoms with Gasteiger partial charge in [0.2, 0.25) is 0 Å². The lowest BCUT2D eigenvalue weighted by Crippen LogP contribution is -2.50. The zero-order valence-corrected chi connectivity index (χ0v) is 14.0. The SMILES string of the molecule is Cc1cn([C@]2(C)O[C@H](CO)[C@@H](OP(O)(O)=S)[C@H]2O)c(=O)[nH]c1=O. The number of rotatable bonds is 4. The minimum Gasteiger partial charge on any atom is -0.394 e. The lowest BCUT2D eigenvalue weighted by Gasteiger charge is -2.30. The number of nitrogens with one attached hydrogen (secondary N) is 1. The molecule has 1 aromatic rings. The van der Waals surface area contributed by atoms with Crippen molar-refractivity contribution in [1.82, 2.24) is 9.55 Å². The Balaban J connectivity index is 2.50. The second-order valence-electron chi connectivity index (χ2n) is 5.34. The number of aromatic amines is 1. The van der Waals surface area contributed by atoms with Gasteiger partial charge in [0.05, 0.1) is 6.61 Å². The molecule has 23 heavy (non-hydrogen) atoms. The molecule has 5 N–H and O–H groups in total. The zero-order chi connectivity index (χ0) is 17.6. The van der Waals surface area contributed by atoms with Crippen molar-refractivity contribution in [3.05, 3.63) is 32.6 Å². The van der Waals surface area contributed by atoms with Gasteiger partial charge in [-0.3, -0.25) is 18.9 Å². The molecule has 1 saturated heterocycles. The Morgan fingerprint density at radius 1 is 1.52 bits per heavy atom. The number of ether oxygens (including phenoxy) is 1. The third-order valence-electron chi connectivity index (χ3n) is 3.65. The fourth-order valence-corrected chi connectivity index (χ4v) is 3.34. The van der Waals surface area contributed by atoms with E-state index in [1.54, 1.807) is 0 Å². The molecule has 0 aliphatic carbocycles. The second-order valence-corrected chi connectivity index (χ2v) is 7.96. The van der Waals surface area contributed by atoms with E-state index in [4.69, 9.17) is 9.26 Å². The van der Waals surface area contributed by atoms with E-state index < -0.39 is 48.6 Å². The minimum atomic E-state index is -4.14. The van der Waals surface area contributed by atoms with Crippen molar-refractivity contribution in [2.24, 2.45) is 0 Å². The van der Waals surface area contributed by atoms with Crippen LogP contribution in [0.5, 0.6) is 0 Å². The topological polar surface area (TPSA) is 154 Å². The van der Waals surface area contributed by atoms with Gasteiger partial charge in [0.1, 0.15) is 18.3 Å². The average molecular weight is 368 g/mol. The maximum atomic E-state index is 12.0. The van der Waals surface area contributed by atoms with E-state index in [0.29, 0.717) is 0 Å². The van der Waals surface area contributed by atoms with Crippen LogP contribution < -0.4 is 11.2 Å². The van der Waals surface area contributed by atoms with Crippen LogP contribution >= 0.6 is 6.72 Å². The first-order chi connectivity index (χ1) is 10.5. The lowest BCUT2D eigenvalue weighted by molar-refractivity contribution is -0.137. The summed E-state index contributed by atoms with van der Waals surface area (Å²) in [4.78, 5) is 44.1. The van der Waals surface area contributed by atoms with Crippen molar-refractivity contribution in [2.75, 3.05) is 6.61 Å². The molecular formula is C11H17N2O8PS. The van der Waals surface area contributed by atoms with Crippen molar-refractivity contribution in [2.45, 2.75) is 37.9 Å². The molecule has 0 spiro atoms. The fourth-order valence-electron chi connectivity index (χ4n) is 2.47. The van der Waals surface area contributed by atoms with Gasteiger partial charge in [-0.2, -0.15) is 0 Å². The standard InChI is InChI=1S/C11H17N2O8PS/c1-5-3-13(10(17)12-9(5)16)11(2)8(15)7(6(4-14)20-11)21-22(18,19)23/h3,6-8,14-15H,4H2,1-2H3,(H,12,16,17)(H2,18,19,23)/t6-,7-,8-,11-/m1/s1. The third kappa shape index (κ3) is 3.47. The Labute approximate surface area is 135 Å². The quantitative estimate of drug-likeness (QED) is 0.375. The molecule has 1 fully saturated rings. The number of aliphatic hydroxyl groups is 2. The first kappa shape index (κ1) is 18.4. The number of aryl methyl sites for hydroxylation is 1. The number of aromatic nitrogens is 2. The molecule has 2 rings (SSSR count). The van der Waals surface area contributed by atoms with Gasteiger partial charge in [-0.05, 0) is 25.7 Å². The number of aliphatic hydroxyl groups excluding tert-OH is 2. The molecule has 10 nitrogen and oxygen atoms in total. The summed E-state index contributed by atoms with van der Waals surface area (Å²) in [6, 6.07) is 0. The second kappa shape index (κ2) is 6.19. The van der Waals surface area contributed by atoms with Crippen LogP contribution in [-0.2, 0) is 26.8 Å². The highest BCUT2D eigenvalue weighted by atomic mass is 32.5.